The van der Waals surface area contributed by atoms with Gasteiger partial charge < -0.3 is 20.7 Å². The summed E-state index contributed by atoms with van der Waals surface area (Å²) in [6.07, 6.45) is 1.87. The molecule has 0 radical (unpaired) electrons. The molecule has 0 aliphatic carbocycles. The van der Waals surface area contributed by atoms with Crippen molar-refractivity contribution in [1.82, 2.24) is 10.2 Å². The molecule has 118 valence electrons. The molecule has 1 fully saturated rings. The van der Waals surface area contributed by atoms with Crippen LogP contribution >= 0.6 is 12.4 Å². The number of halogens is 1. The lowest BCUT2D eigenvalue weighted by Crippen LogP contribution is -2.55. The topological polar surface area (TPSA) is 84.7 Å². The van der Waals surface area contributed by atoms with Gasteiger partial charge in [-0.05, 0) is 18.8 Å². The summed E-state index contributed by atoms with van der Waals surface area (Å²) in [4.78, 5) is 25.8. The molecule has 1 rings (SSSR count). The van der Waals surface area contributed by atoms with Crippen LogP contribution in [-0.4, -0.2) is 55.6 Å². The van der Waals surface area contributed by atoms with Crippen LogP contribution in [0.4, 0.5) is 0 Å². The van der Waals surface area contributed by atoms with Crippen LogP contribution in [0.15, 0.2) is 0 Å². The van der Waals surface area contributed by atoms with Gasteiger partial charge >= 0.3 is 0 Å². The third-order valence-electron chi connectivity index (χ3n) is 3.29. The first-order valence-electron chi connectivity index (χ1n) is 6.78. The van der Waals surface area contributed by atoms with E-state index in [9.17, 15) is 9.59 Å². The van der Waals surface area contributed by atoms with Gasteiger partial charge in [-0.1, -0.05) is 13.8 Å². The highest BCUT2D eigenvalue weighted by atomic mass is 35.5. The molecule has 2 atom stereocenters. The van der Waals surface area contributed by atoms with Gasteiger partial charge in [0.2, 0.25) is 11.8 Å². The summed E-state index contributed by atoms with van der Waals surface area (Å²) < 4.78 is 4.77. The number of hydrogen-bond acceptors (Lipinski definition) is 4. The van der Waals surface area contributed by atoms with Crippen molar-refractivity contribution >= 4 is 24.2 Å². The number of carbonyl (C=O) groups is 2. The number of rotatable bonds is 5. The summed E-state index contributed by atoms with van der Waals surface area (Å²) in [5, 5.41) is 2.73. The van der Waals surface area contributed by atoms with Gasteiger partial charge in [-0.25, -0.2) is 0 Å². The summed E-state index contributed by atoms with van der Waals surface area (Å²) in [6.45, 7) is 5.09. The first-order chi connectivity index (χ1) is 8.95. The zero-order valence-corrected chi connectivity index (χ0v) is 13.2. The van der Waals surface area contributed by atoms with E-state index in [0.29, 0.717) is 6.54 Å². The van der Waals surface area contributed by atoms with E-state index in [1.165, 1.54) is 7.11 Å². The van der Waals surface area contributed by atoms with Crippen LogP contribution in [0.25, 0.3) is 0 Å². The molecule has 0 bridgehead atoms. The molecule has 1 aliphatic rings. The molecular formula is C13H26ClN3O3. The van der Waals surface area contributed by atoms with Gasteiger partial charge in [0.05, 0.1) is 0 Å². The Morgan fingerprint density at radius 1 is 1.45 bits per heavy atom. The minimum absolute atomic E-state index is 0. The fourth-order valence-electron chi connectivity index (χ4n) is 2.27. The third kappa shape index (κ3) is 5.64. The van der Waals surface area contributed by atoms with Crippen LogP contribution in [0.3, 0.4) is 0 Å². The van der Waals surface area contributed by atoms with Gasteiger partial charge in [-0.3, -0.25) is 9.59 Å². The van der Waals surface area contributed by atoms with E-state index in [1.54, 1.807) is 4.90 Å². The fourth-order valence-corrected chi connectivity index (χ4v) is 2.27. The number of hydrogen-bond donors (Lipinski definition) is 2. The Morgan fingerprint density at radius 2 is 2.10 bits per heavy atom. The Kier molecular flexibility index (Phi) is 8.76. The van der Waals surface area contributed by atoms with Crippen molar-refractivity contribution in [2.24, 2.45) is 11.7 Å². The average Bonchev–Trinajstić information content (AvgIpc) is 2.35. The molecule has 1 heterocycles. The lowest BCUT2D eigenvalue weighted by atomic mass is 10.00. The van der Waals surface area contributed by atoms with Crippen LogP contribution in [0.1, 0.15) is 26.7 Å². The third-order valence-corrected chi connectivity index (χ3v) is 3.29. The van der Waals surface area contributed by atoms with Crippen molar-refractivity contribution in [1.29, 1.82) is 0 Å². The monoisotopic (exact) mass is 307 g/mol. The Labute approximate surface area is 126 Å². The standard InChI is InChI=1S/C13H25N3O3.ClH/c1-9(2)12(15-11(17)8-19-3)13(18)16-6-4-5-10(14)7-16;/h9-10,12H,4-8,14H2,1-3H3,(H,15,17);1H/t10?,12-;/m0./s1. The van der Waals surface area contributed by atoms with Crippen molar-refractivity contribution in [2.75, 3.05) is 26.8 Å². The molecule has 0 aromatic carbocycles. The van der Waals surface area contributed by atoms with E-state index in [2.05, 4.69) is 5.32 Å². The predicted octanol–water partition coefficient (Wildman–Crippen LogP) is 0.145. The minimum atomic E-state index is -0.507. The SMILES string of the molecule is COCC(=O)N[C@H](C(=O)N1CCCC(N)C1)C(C)C.Cl. The molecule has 1 aliphatic heterocycles. The maximum absolute atomic E-state index is 12.4. The molecule has 20 heavy (non-hydrogen) atoms. The van der Waals surface area contributed by atoms with E-state index in [-0.39, 0.29) is 42.8 Å². The minimum Gasteiger partial charge on any atom is -0.375 e. The molecule has 0 aromatic heterocycles. The van der Waals surface area contributed by atoms with Crippen molar-refractivity contribution in [3.05, 3.63) is 0 Å². The molecule has 0 spiro atoms. The summed E-state index contributed by atoms with van der Waals surface area (Å²) in [5.41, 5.74) is 5.89. The highest BCUT2D eigenvalue weighted by Crippen LogP contribution is 2.13. The van der Waals surface area contributed by atoms with Gasteiger partial charge in [0.15, 0.2) is 0 Å². The van der Waals surface area contributed by atoms with Crippen LogP contribution < -0.4 is 11.1 Å². The zero-order valence-electron chi connectivity index (χ0n) is 12.4. The molecule has 6 nitrogen and oxygen atoms in total. The normalized spacial score (nSPS) is 20.2. The lowest BCUT2D eigenvalue weighted by Gasteiger charge is -2.34. The second-order valence-electron chi connectivity index (χ2n) is 5.41. The number of nitrogens with one attached hydrogen (secondary N) is 1. The lowest BCUT2D eigenvalue weighted by molar-refractivity contribution is -0.139. The number of methoxy groups -OCH3 is 1. The second kappa shape index (κ2) is 9.15. The average molecular weight is 308 g/mol. The first-order valence-corrected chi connectivity index (χ1v) is 6.78. The first kappa shape index (κ1) is 19.1. The highest BCUT2D eigenvalue weighted by Gasteiger charge is 2.30. The maximum atomic E-state index is 12.4. The van der Waals surface area contributed by atoms with E-state index >= 15 is 0 Å². The van der Waals surface area contributed by atoms with Crippen molar-refractivity contribution in [2.45, 2.75) is 38.8 Å². The van der Waals surface area contributed by atoms with Gasteiger partial charge in [0.25, 0.3) is 0 Å². The van der Waals surface area contributed by atoms with Crippen molar-refractivity contribution < 1.29 is 14.3 Å². The van der Waals surface area contributed by atoms with Gasteiger partial charge in [-0.15, -0.1) is 12.4 Å². The van der Waals surface area contributed by atoms with E-state index in [0.717, 1.165) is 19.4 Å². The van der Waals surface area contributed by atoms with Gasteiger partial charge in [0, 0.05) is 26.2 Å². The van der Waals surface area contributed by atoms with Crippen LogP contribution in [0.2, 0.25) is 0 Å². The Balaban J connectivity index is 0.00000361. The molecule has 0 aromatic rings. The Morgan fingerprint density at radius 3 is 2.60 bits per heavy atom. The molecule has 7 heteroatoms. The fraction of sp³-hybridized carbons (Fsp3) is 0.846. The second-order valence-corrected chi connectivity index (χ2v) is 5.41. The smallest absolute Gasteiger partial charge is 0.246 e. The van der Waals surface area contributed by atoms with E-state index in [4.69, 9.17) is 10.5 Å². The number of ether oxygens (including phenoxy) is 1. The molecule has 1 unspecified atom stereocenters. The van der Waals surface area contributed by atoms with E-state index < -0.39 is 6.04 Å². The summed E-state index contributed by atoms with van der Waals surface area (Å²) in [7, 11) is 1.45. The van der Waals surface area contributed by atoms with Crippen molar-refractivity contribution in [3.8, 4) is 0 Å². The number of likely N-dealkylation sites (tertiary alicyclic amines) is 1. The summed E-state index contributed by atoms with van der Waals surface area (Å²) in [5.74, 6) is -0.281. The Hall–Kier alpha value is -0.850. The van der Waals surface area contributed by atoms with Crippen LogP contribution in [0.5, 0.6) is 0 Å². The Bertz CT molecular complexity index is 326. The van der Waals surface area contributed by atoms with E-state index in [1.807, 2.05) is 13.8 Å². The number of amides is 2. The molecular weight excluding hydrogens is 282 g/mol. The zero-order chi connectivity index (χ0) is 14.4. The summed E-state index contributed by atoms with van der Waals surface area (Å²) >= 11 is 0. The number of nitrogens with zero attached hydrogens (tertiary/aromatic N) is 1. The molecule has 0 saturated carbocycles. The quantitative estimate of drug-likeness (QED) is 0.757. The number of nitrogens with two attached hydrogens (primary N) is 1. The van der Waals surface area contributed by atoms with Crippen LogP contribution in [0, 0.1) is 5.92 Å². The highest BCUT2D eigenvalue weighted by molar-refractivity contribution is 5.88. The number of carbonyl (C=O) groups excluding carboxylic acids is 2. The maximum Gasteiger partial charge on any atom is 0.246 e. The largest absolute Gasteiger partial charge is 0.375 e. The summed E-state index contributed by atoms with van der Waals surface area (Å²) in [6, 6.07) is -0.465. The number of piperidine rings is 1. The van der Waals surface area contributed by atoms with Gasteiger partial charge in [0.1, 0.15) is 12.6 Å². The molecule has 2 amide bonds. The van der Waals surface area contributed by atoms with Gasteiger partial charge in [-0.2, -0.15) is 0 Å². The van der Waals surface area contributed by atoms with Crippen molar-refractivity contribution in [3.63, 3.8) is 0 Å². The predicted molar refractivity (Wildman–Crippen MR) is 79.7 cm³/mol. The van der Waals surface area contributed by atoms with Crippen LogP contribution in [-0.2, 0) is 14.3 Å². The molecule has 3 N–H and O–H groups in total. The molecule has 1 saturated heterocycles.